The van der Waals surface area contributed by atoms with Gasteiger partial charge in [0.1, 0.15) is 5.78 Å². The van der Waals surface area contributed by atoms with E-state index in [2.05, 4.69) is 12.2 Å². The molecule has 0 atom stereocenters. The van der Waals surface area contributed by atoms with Crippen LogP contribution >= 0.6 is 0 Å². The fourth-order valence-electron chi connectivity index (χ4n) is 3.25. The number of amides is 1. The van der Waals surface area contributed by atoms with Gasteiger partial charge in [-0.15, -0.1) is 0 Å². The van der Waals surface area contributed by atoms with E-state index < -0.39 is 0 Å². The second-order valence-corrected chi connectivity index (χ2v) is 6.94. The third kappa shape index (κ3) is 9.95. The molecule has 0 saturated heterocycles. The van der Waals surface area contributed by atoms with Crippen molar-refractivity contribution < 1.29 is 19.1 Å². The van der Waals surface area contributed by atoms with Gasteiger partial charge in [0, 0.05) is 51.2 Å². The maximum absolute atomic E-state index is 12.2. The SMILES string of the molecule is CCCOCCCCOCCCNC(=O)C1CCC(C(=O)CC)CC1. The van der Waals surface area contributed by atoms with Gasteiger partial charge in [-0.25, -0.2) is 0 Å². The van der Waals surface area contributed by atoms with Crippen molar-refractivity contribution in [2.45, 2.75) is 71.6 Å². The molecule has 25 heavy (non-hydrogen) atoms. The Kier molecular flexibility index (Phi) is 12.6. The van der Waals surface area contributed by atoms with Crippen molar-refractivity contribution in [2.75, 3.05) is 33.0 Å². The Labute approximate surface area is 153 Å². The van der Waals surface area contributed by atoms with E-state index in [1.54, 1.807) is 0 Å². The number of Topliss-reactive ketones (excluding diaryl/α,β-unsaturated/α-hetero) is 1. The van der Waals surface area contributed by atoms with Crippen LogP contribution < -0.4 is 5.32 Å². The summed E-state index contributed by atoms with van der Waals surface area (Å²) < 4.78 is 11.0. The highest BCUT2D eigenvalue weighted by molar-refractivity contribution is 5.82. The summed E-state index contributed by atoms with van der Waals surface area (Å²) in [4.78, 5) is 23.9. The summed E-state index contributed by atoms with van der Waals surface area (Å²) in [6.45, 7) is 7.82. The smallest absolute Gasteiger partial charge is 0.223 e. The predicted molar refractivity (Wildman–Crippen MR) is 99.5 cm³/mol. The number of unbranched alkanes of at least 4 members (excludes halogenated alkanes) is 1. The lowest BCUT2D eigenvalue weighted by atomic mass is 9.79. The van der Waals surface area contributed by atoms with E-state index in [0.717, 1.165) is 71.2 Å². The quantitative estimate of drug-likeness (QED) is 0.484. The number of ether oxygens (including phenoxy) is 2. The number of rotatable bonds is 14. The minimum absolute atomic E-state index is 0.0879. The van der Waals surface area contributed by atoms with Crippen LogP contribution in [0.25, 0.3) is 0 Å². The molecule has 0 aliphatic heterocycles. The Balaban J connectivity index is 1.93. The van der Waals surface area contributed by atoms with Crippen molar-refractivity contribution in [3.63, 3.8) is 0 Å². The summed E-state index contributed by atoms with van der Waals surface area (Å²) in [5.74, 6) is 0.781. The average Bonchev–Trinajstić information content (AvgIpc) is 2.65. The summed E-state index contributed by atoms with van der Waals surface area (Å²) in [5.41, 5.74) is 0. The lowest BCUT2D eigenvalue weighted by Gasteiger charge is -2.26. The molecule has 1 saturated carbocycles. The maximum Gasteiger partial charge on any atom is 0.223 e. The largest absolute Gasteiger partial charge is 0.381 e. The van der Waals surface area contributed by atoms with Gasteiger partial charge in [0.05, 0.1) is 0 Å². The molecule has 5 heteroatoms. The van der Waals surface area contributed by atoms with Gasteiger partial charge in [-0.3, -0.25) is 9.59 Å². The van der Waals surface area contributed by atoms with Crippen molar-refractivity contribution in [3.05, 3.63) is 0 Å². The van der Waals surface area contributed by atoms with E-state index in [1.807, 2.05) is 6.92 Å². The van der Waals surface area contributed by atoms with Gasteiger partial charge in [0.2, 0.25) is 5.91 Å². The second kappa shape index (κ2) is 14.3. The van der Waals surface area contributed by atoms with Gasteiger partial charge < -0.3 is 14.8 Å². The number of carbonyl (C=O) groups excluding carboxylic acids is 2. The Bertz CT molecular complexity index is 365. The zero-order chi connectivity index (χ0) is 18.3. The van der Waals surface area contributed by atoms with Crippen LogP contribution in [0.15, 0.2) is 0 Å². The van der Waals surface area contributed by atoms with Crippen LogP contribution in [-0.2, 0) is 19.1 Å². The first-order chi connectivity index (χ1) is 12.2. The minimum Gasteiger partial charge on any atom is -0.381 e. The molecule has 1 fully saturated rings. The van der Waals surface area contributed by atoms with Gasteiger partial charge in [-0.1, -0.05) is 13.8 Å². The number of nitrogens with one attached hydrogen (secondary N) is 1. The molecule has 0 heterocycles. The summed E-state index contributed by atoms with van der Waals surface area (Å²) in [6, 6.07) is 0. The average molecular weight is 356 g/mol. The van der Waals surface area contributed by atoms with Crippen molar-refractivity contribution in [3.8, 4) is 0 Å². The van der Waals surface area contributed by atoms with Crippen LogP contribution in [0, 0.1) is 11.8 Å². The molecular weight excluding hydrogens is 318 g/mol. The monoisotopic (exact) mass is 355 g/mol. The normalized spacial score (nSPS) is 20.4. The van der Waals surface area contributed by atoms with E-state index in [9.17, 15) is 9.59 Å². The Hall–Kier alpha value is -0.940. The van der Waals surface area contributed by atoms with Crippen molar-refractivity contribution in [1.82, 2.24) is 5.32 Å². The minimum atomic E-state index is 0.0879. The molecule has 1 N–H and O–H groups in total. The Morgan fingerprint density at radius 3 is 2.00 bits per heavy atom. The van der Waals surface area contributed by atoms with Crippen LogP contribution in [0.1, 0.15) is 71.6 Å². The Morgan fingerprint density at radius 1 is 0.840 bits per heavy atom. The fourth-order valence-corrected chi connectivity index (χ4v) is 3.25. The van der Waals surface area contributed by atoms with Gasteiger partial charge in [0.15, 0.2) is 0 Å². The van der Waals surface area contributed by atoms with E-state index in [1.165, 1.54) is 0 Å². The summed E-state index contributed by atoms with van der Waals surface area (Å²) in [6.07, 6.45) is 8.04. The zero-order valence-electron chi connectivity index (χ0n) is 16.2. The van der Waals surface area contributed by atoms with Crippen LogP contribution in [0.2, 0.25) is 0 Å². The molecule has 0 bridgehead atoms. The first kappa shape index (κ1) is 22.1. The topological polar surface area (TPSA) is 64.6 Å². The first-order valence-corrected chi connectivity index (χ1v) is 10.1. The van der Waals surface area contributed by atoms with E-state index >= 15 is 0 Å². The van der Waals surface area contributed by atoms with Crippen LogP contribution in [0.5, 0.6) is 0 Å². The van der Waals surface area contributed by atoms with Gasteiger partial charge >= 0.3 is 0 Å². The number of hydrogen-bond donors (Lipinski definition) is 1. The van der Waals surface area contributed by atoms with Crippen molar-refractivity contribution >= 4 is 11.7 Å². The van der Waals surface area contributed by atoms with Crippen LogP contribution in [0.4, 0.5) is 0 Å². The lowest BCUT2D eigenvalue weighted by Crippen LogP contribution is -2.35. The molecule has 5 nitrogen and oxygen atoms in total. The van der Waals surface area contributed by atoms with E-state index in [-0.39, 0.29) is 17.7 Å². The first-order valence-electron chi connectivity index (χ1n) is 10.1. The molecule has 0 radical (unpaired) electrons. The predicted octanol–water partition coefficient (Wildman–Crippen LogP) is 3.50. The van der Waals surface area contributed by atoms with Gasteiger partial charge in [-0.2, -0.15) is 0 Å². The molecule has 1 aliphatic rings. The third-order valence-electron chi connectivity index (χ3n) is 4.84. The maximum atomic E-state index is 12.2. The summed E-state index contributed by atoms with van der Waals surface area (Å²) in [7, 11) is 0. The fraction of sp³-hybridized carbons (Fsp3) is 0.900. The summed E-state index contributed by atoms with van der Waals surface area (Å²) in [5, 5.41) is 3.01. The lowest BCUT2D eigenvalue weighted by molar-refractivity contribution is -0.129. The molecule has 0 aromatic carbocycles. The van der Waals surface area contributed by atoms with E-state index in [4.69, 9.17) is 9.47 Å². The molecular formula is C20H37NO4. The molecule has 146 valence electrons. The summed E-state index contributed by atoms with van der Waals surface area (Å²) >= 11 is 0. The van der Waals surface area contributed by atoms with E-state index in [0.29, 0.717) is 25.4 Å². The van der Waals surface area contributed by atoms with Gasteiger partial charge in [-0.05, 0) is 51.4 Å². The van der Waals surface area contributed by atoms with Crippen LogP contribution in [-0.4, -0.2) is 44.7 Å². The molecule has 0 aromatic rings. The highest BCUT2D eigenvalue weighted by Crippen LogP contribution is 2.30. The highest BCUT2D eigenvalue weighted by Gasteiger charge is 2.28. The van der Waals surface area contributed by atoms with Crippen molar-refractivity contribution in [1.29, 1.82) is 0 Å². The molecule has 0 unspecified atom stereocenters. The molecule has 1 aliphatic carbocycles. The Morgan fingerprint density at radius 2 is 1.40 bits per heavy atom. The number of carbonyl (C=O) groups is 2. The third-order valence-corrected chi connectivity index (χ3v) is 4.84. The molecule has 1 rings (SSSR count). The molecule has 1 amide bonds. The zero-order valence-corrected chi connectivity index (χ0v) is 16.2. The van der Waals surface area contributed by atoms with Crippen LogP contribution in [0.3, 0.4) is 0 Å². The van der Waals surface area contributed by atoms with Gasteiger partial charge in [0.25, 0.3) is 0 Å². The molecule has 0 spiro atoms. The molecule has 0 aromatic heterocycles. The standard InChI is InChI=1S/C20H37NO4/c1-3-13-24-14-5-6-15-25-16-7-12-21-20(23)18-10-8-17(9-11-18)19(22)4-2/h17-18H,3-16H2,1-2H3,(H,21,23). The highest BCUT2D eigenvalue weighted by atomic mass is 16.5. The second-order valence-electron chi connectivity index (χ2n) is 6.94. The number of hydrogen-bond acceptors (Lipinski definition) is 4. The number of ketones is 1. The van der Waals surface area contributed by atoms with Crippen molar-refractivity contribution in [2.24, 2.45) is 11.8 Å².